The Kier molecular flexibility index (Phi) is 7.75. The summed E-state index contributed by atoms with van der Waals surface area (Å²) in [5.41, 5.74) is 1.29. The standard InChI is InChI=1S/C22H26FN3O4/c1-2-30-20-6-4-3-5-18(20)25-22(28)21(27)24-15-19(26-11-13-29-14-12-26)16-7-9-17(23)10-8-16/h3-10,19H,2,11-15H2,1H3,(H,24,27)(H,25,28)/t19-/m0/s1. The van der Waals surface area contributed by atoms with Crippen molar-refractivity contribution in [3.63, 3.8) is 0 Å². The molecule has 0 unspecified atom stereocenters. The average molecular weight is 415 g/mol. The lowest BCUT2D eigenvalue weighted by molar-refractivity contribution is -0.136. The largest absolute Gasteiger partial charge is 0.492 e. The molecule has 2 amide bonds. The predicted molar refractivity (Wildman–Crippen MR) is 111 cm³/mol. The van der Waals surface area contributed by atoms with Gasteiger partial charge in [0.25, 0.3) is 0 Å². The van der Waals surface area contributed by atoms with Crippen LogP contribution in [0, 0.1) is 5.82 Å². The van der Waals surface area contributed by atoms with E-state index in [1.807, 2.05) is 6.92 Å². The number of carbonyl (C=O) groups is 2. The van der Waals surface area contributed by atoms with E-state index in [1.54, 1.807) is 36.4 Å². The predicted octanol–water partition coefficient (Wildman–Crippen LogP) is 2.35. The van der Waals surface area contributed by atoms with Crippen LogP contribution in [-0.4, -0.2) is 56.2 Å². The molecule has 1 atom stereocenters. The van der Waals surface area contributed by atoms with Gasteiger partial charge in [-0.1, -0.05) is 24.3 Å². The highest BCUT2D eigenvalue weighted by molar-refractivity contribution is 6.39. The molecule has 0 saturated carbocycles. The zero-order valence-corrected chi connectivity index (χ0v) is 16.9. The minimum atomic E-state index is -0.776. The third-order valence-corrected chi connectivity index (χ3v) is 4.84. The van der Waals surface area contributed by atoms with Gasteiger partial charge in [-0.15, -0.1) is 0 Å². The van der Waals surface area contributed by atoms with Gasteiger partial charge in [0.2, 0.25) is 0 Å². The van der Waals surface area contributed by atoms with Crippen molar-refractivity contribution in [1.29, 1.82) is 0 Å². The second kappa shape index (κ2) is 10.7. The molecule has 1 heterocycles. The summed E-state index contributed by atoms with van der Waals surface area (Å²) in [6.45, 7) is 5.04. The third-order valence-electron chi connectivity index (χ3n) is 4.84. The molecule has 2 aromatic rings. The van der Waals surface area contributed by atoms with Crippen molar-refractivity contribution in [2.24, 2.45) is 0 Å². The molecule has 160 valence electrons. The Morgan fingerprint density at radius 2 is 1.80 bits per heavy atom. The molecule has 0 aromatic heterocycles. The molecule has 1 fully saturated rings. The molecule has 0 aliphatic carbocycles. The first kappa shape index (κ1) is 21.7. The average Bonchev–Trinajstić information content (AvgIpc) is 2.77. The van der Waals surface area contributed by atoms with Gasteiger partial charge in [0.05, 0.1) is 31.5 Å². The molecular weight excluding hydrogens is 389 g/mol. The van der Waals surface area contributed by atoms with Crippen molar-refractivity contribution in [2.45, 2.75) is 13.0 Å². The summed E-state index contributed by atoms with van der Waals surface area (Å²) in [5, 5.41) is 5.28. The Labute approximate surface area is 175 Å². The first-order valence-corrected chi connectivity index (χ1v) is 9.96. The van der Waals surface area contributed by atoms with Crippen LogP contribution in [0.5, 0.6) is 5.75 Å². The molecule has 1 aliphatic heterocycles. The van der Waals surface area contributed by atoms with E-state index in [-0.39, 0.29) is 18.4 Å². The fourth-order valence-corrected chi connectivity index (χ4v) is 3.33. The summed E-state index contributed by atoms with van der Waals surface area (Å²) in [7, 11) is 0. The highest BCUT2D eigenvalue weighted by Crippen LogP contribution is 2.24. The summed E-state index contributed by atoms with van der Waals surface area (Å²) in [6.07, 6.45) is 0. The first-order valence-electron chi connectivity index (χ1n) is 9.96. The van der Waals surface area contributed by atoms with Gasteiger partial charge in [0, 0.05) is 19.6 Å². The topological polar surface area (TPSA) is 79.9 Å². The van der Waals surface area contributed by atoms with E-state index in [4.69, 9.17) is 9.47 Å². The highest BCUT2D eigenvalue weighted by atomic mass is 19.1. The number of halogens is 1. The first-order chi connectivity index (χ1) is 14.6. The number of hydrogen-bond acceptors (Lipinski definition) is 5. The van der Waals surface area contributed by atoms with Gasteiger partial charge >= 0.3 is 11.8 Å². The Hall–Kier alpha value is -2.97. The van der Waals surface area contributed by atoms with Crippen LogP contribution < -0.4 is 15.4 Å². The maximum Gasteiger partial charge on any atom is 0.313 e. The van der Waals surface area contributed by atoms with Crippen molar-refractivity contribution in [3.8, 4) is 5.75 Å². The smallest absolute Gasteiger partial charge is 0.313 e. The van der Waals surface area contributed by atoms with Crippen LogP contribution in [0.2, 0.25) is 0 Å². The van der Waals surface area contributed by atoms with E-state index in [1.165, 1.54) is 12.1 Å². The second-order valence-electron chi connectivity index (χ2n) is 6.81. The lowest BCUT2D eigenvalue weighted by atomic mass is 10.0. The van der Waals surface area contributed by atoms with Gasteiger partial charge in [-0.3, -0.25) is 14.5 Å². The van der Waals surface area contributed by atoms with Crippen molar-refractivity contribution >= 4 is 17.5 Å². The Morgan fingerprint density at radius 1 is 1.10 bits per heavy atom. The minimum Gasteiger partial charge on any atom is -0.492 e. The van der Waals surface area contributed by atoms with Crippen LogP contribution in [0.15, 0.2) is 48.5 Å². The van der Waals surface area contributed by atoms with Crippen LogP contribution in [0.4, 0.5) is 10.1 Å². The van der Waals surface area contributed by atoms with Crippen molar-refractivity contribution in [1.82, 2.24) is 10.2 Å². The number of benzene rings is 2. The molecule has 0 radical (unpaired) electrons. The molecule has 2 aromatic carbocycles. The van der Waals surface area contributed by atoms with Crippen LogP contribution in [0.1, 0.15) is 18.5 Å². The zero-order chi connectivity index (χ0) is 21.3. The van der Waals surface area contributed by atoms with E-state index < -0.39 is 11.8 Å². The number of rotatable bonds is 7. The highest BCUT2D eigenvalue weighted by Gasteiger charge is 2.25. The van der Waals surface area contributed by atoms with E-state index in [2.05, 4.69) is 15.5 Å². The van der Waals surface area contributed by atoms with Crippen molar-refractivity contribution in [3.05, 3.63) is 59.9 Å². The summed E-state index contributed by atoms with van der Waals surface area (Å²) in [4.78, 5) is 27.0. The summed E-state index contributed by atoms with van der Waals surface area (Å²) in [6, 6.07) is 12.9. The van der Waals surface area contributed by atoms with Gasteiger partial charge in [-0.05, 0) is 36.8 Å². The molecule has 7 nitrogen and oxygen atoms in total. The van der Waals surface area contributed by atoms with E-state index in [0.29, 0.717) is 44.3 Å². The maximum atomic E-state index is 13.3. The minimum absolute atomic E-state index is 0.193. The zero-order valence-electron chi connectivity index (χ0n) is 16.9. The van der Waals surface area contributed by atoms with Gasteiger partial charge in [0.1, 0.15) is 11.6 Å². The number of morpholine rings is 1. The number of nitrogens with one attached hydrogen (secondary N) is 2. The quantitative estimate of drug-likeness (QED) is 0.679. The second-order valence-corrected chi connectivity index (χ2v) is 6.81. The molecule has 0 spiro atoms. The van der Waals surface area contributed by atoms with E-state index in [9.17, 15) is 14.0 Å². The van der Waals surface area contributed by atoms with Crippen LogP contribution in [0.3, 0.4) is 0 Å². The summed E-state index contributed by atoms with van der Waals surface area (Å²) < 4.78 is 24.2. The van der Waals surface area contributed by atoms with Gasteiger partial charge in [0.15, 0.2) is 0 Å². The SMILES string of the molecule is CCOc1ccccc1NC(=O)C(=O)NC[C@@H](c1ccc(F)cc1)N1CCOCC1. The number of nitrogens with zero attached hydrogens (tertiary/aromatic N) is 1. The summed E-state index contributed by atoms with van der Waals surface area (Å²) in [5.74, 6) is -1.35. The molecule has 1 aliphatic rings. The molecule has 30 heavy (non-hydrogen) atoms. The maximum absolute atomic E-state index is 13.3. The number of anilines is 1. The fraction of sp³-hybridized carbons (Fsp3) is 0.364. The molecule has 0 bridgehead atoms. The summed E-state index contributed by atoms with van der Waals surface area (Å²) >= 11 is 0. The lowest BCUT2D eigenvalue weighted by Crippen LogP contribution is -2.45. The van der Waals surface area contributed by atoms with Crippen molar-refractivity contribution < 1.29 is 23.5 Å². The van der Waals surface area contributed by atoms with Gasteiger partial charge < -0.3 is 20.1 Å². The molecule has 3 rings (SSSR count). The van der Waals surface area contributed by atoms with Crippen LogP contribution in [0.25, 0.3) is 0 Å². The van der Waals surface area contributed by atoms with Gasteiger partial charge in [-0.2, -0.15) is 0 Å². The molecular formula is C22H26FN3O4. The lowest BCUT2D eigenvalue weighted by Gasteiger charge is -2.34. The van der Waals surface area contributed by atoms with Crippen LogP contribution >= 0.6 is 0 Å². The monoisotopic (exact) mass is 415 g/mol. The Morgan fingerprint density at radius 3 is 2.50 bits per heavy atom. The molecule has 8 heteroatoms. The van der Waals surface area contributed by atoms with Gasteiger partial charge in [-0.25, -0.2) is 4.39 Å². The number of ether oxygens (including phenoxy) is 2. The molecule has 2 N–H and O–H groups in total. The molecule has 1 saturated heterocycles. The fourth-order valence-electron chi connectivity index (χ4n) is 3.33. The number of carbonyl (C=O) groups excluding carboxylic acids is 2. The van der Waals surface area contributed by atoms with E-state index >= 15 is 0 Å². The third kappa shape index (κ3) is 5.77. The number of amides is 2. The van der Waals surface area contributed by atoms with Crippen molar-refractivity contribution in [2.75, 3.05) is 44.8 Å². The van der Waals surface area contributed by atoms with E-state index in [0.717, 1.165) is 5.56 Å². The van der Waals surface area contributed by atoms with Crippen LogP contribution in [-0.2, 0) is 14.3 Å². The number of hydrogen-bond donors (Lipinski definition) is 2. The Bertz CT molecular complexity index is 854. The normalized spacial score (nSPS) is 15.3. The Balaban J connectivity index is 1.65. The number of para-hydroxylation sites is 2.